The zero-order valence-electron chi connectivity index (χ0n) is 12.9. The largest absolute Gasteiger partial charge is 0.490 e. The zero-order valence-corrected chi connectivity index (χ0v) is 13.7. The van der Waals surface area contributed by atoms with Gasteiger partial charge in [-0.05, 0) is 25.0 Å². The van der Waals surface area contributed by atoms with E-state index in [4.69, 9.17) is 4.74 Å². The van der Waals surface area contributed by atoms with Gasteiger partial charge in [-0.3, -0.25) is 4.79 Å². The number of hydrogen-bond acceptors (Lipinski definition) is 4. The number of halogens is 1. The SMILES string of the molecule is CS(=O)(=O)N1CCC(C(=O)N2CCOc3ccc(F)cc32)CC1. The van der Waals surface area contributed by atoms with Crippen LogP contribution in [0.2, 0.25) is 0 Å². The van der Waals surface area contributed by atoms with Crippen molar-refractivity contribution < 1.29 is 22.3 Å². The minimum Gasteiger partial charge on any atom is -0.490 e. The Hall–Kier alpha value is -1.67. The minimum absolute atomic E-state index is 0.0895. The number of sulfonamides is 1. The van der Waals surface area contributed by atoms with E-state index < -0.39 is 15.8 Å². The lowest BCUT2D eigenvalue weighted by atomic mass is 9.96. The van der Waals surface area contributed by atoms with E-state index in [1.807, 2.05) is 0 Å². The Labute approximate surface area is 134 Å². The van der Waals surface area contributed by atoms with Crippen molar-refractivity contribution in [3.63, 3.8) is 0 Å². The molecule has 1 saturated heterocycles. The van der Waals surface area contributed by atoms with Gasteiger partial charge in [-0.15, -0.1) is 0 Å². The van der Waals surface area contributed by atoms with Gasteiger partial charge in [-0.25, -0.2) is 17.1 Å². The third-order valence-corrected chi connectivity index (χ3v) is 5.63. The summed E-state index contributed by atoms with van der Waals surface area (Å²) >= 11 is 0. The van der Waals surface area contributed by atoms with Crippen molar-refractivity contribution >= 4 is 21.6 Å². The van der Waals surface area contributed by atoms with Crippen LogP contribution in [0.5, 0.6) is 5.75 Å². The van der Waals surface area contributed by atoms with Crippen LogP contribution in [-0.4, -0.2) is 51.1 Å². The summed E-state index contributed by atoms with van der Waals surface area (Å²) in [6, 6.07) is 4.13. The van der Waals surface area contributed by atoms with Crippen molar-refractivity contribution in [2.24, 2.45) is 5.92 Å². The van der Waals surface area contributed by atoms with Gasteiger partial charge in [0.25, 0.3) is 0 Å². The Morgan fingerprint density at radius 3 is 2.61 bits per heavy atom. The molecule has 0 aromatic heterocycles. The smallest absolute Gasteiger partial charge is 0.230 e. The fourth-order valence-corrected chi connectivity index (χ4v) is 3.95. The average molecular weight is 342 g/mol. The molecule has 23 heavy (non-hydrogen) atoms. The summed E-state index contributed by atoms with van der Waals surface area (Å²) in [6.07, 6.45) is 2.14. The molecule has 0 atom stereocenters. The molecule has 0 N–H and O–H groups in total. The number of hydrogen-bond donors (Lipinski definition) is 0. The molecule has 2 aliphatic rings. The first-order valence-corrected chi connectivity index (χ1v) is 9.40. The van der Waals surface area contributed by atoms with Crippen LogP contribution in [0.3, 0.4) is 0 Å². The Balaban J connectivity index is 1.74. The normalized spacial score (nSPS) is 20.0. The summed E-state index contributed by atoms with van der Waals surface area (Å²) in [5.74, 6) is -0.256. The molecule has 2 heterocycles. The van der Waals surface area contributed by atoms with Gasteiger partial charge < -0.3 is 9.64 Å². The number of piperidine rings is 1. The first kappa shape index (κ1) is 16.2. The number of rotatable bonds is 2. The van der Waals surface area contributed by atoms with Gasteiger partial charge in [0, 0.05) is 25.1 Å². The molecule has 0 spiro atoms. The van der Waals surface area contributed by atoms with Gasteiger partial charge >= 0.3 is 0 Å². The predicted octanol–water partition coefficient (Wildman–Crippen LogP) is 1.22. The van der Waals surface area contributed by atoms with Crippen molar-refractivity contribution in [3.8, 4) is 5.75 Å². The third kappa shape index (κ3) is 3.32. The highest BCUT2D eigenvalue weighted by Crippen LogP contribution is 2.34. The number of benzene rings is 1. The molecule has 0 aliphatic carbocycles. The maximum absolute atomic E-state index is 13.5. The highest BCUT2D eigenvalue weighted by atomic mass is 32.2. The van der Waals surface area contributed by atoms with Crippen molar-refractivity contribution in [2.45, 2.75) is 12.8 Å². The standard InChI is InChI=1S/C15H19FN2O4S/c1-23(20,21)17-6-4-11(5-7-17)15(19)18-8-9-22-14-3-2-12(16)10-13(14)18/h2-3,10-11H,4-9H2,1H3. The quantitative estimate of drug-likeness (QED) is 0.811. The monoisotopic (exact) mass is 342 g/mol. The molecule has 8 heteroatoms. The Morgan fingerprint density at radius 1 is 1.26 bits per heavy atom. The number of anilines is 1. The van der Waals surface area contributed by atoms with E-state index in [1.54, 1.807) is 4.90 Å². The van der Waals surface area contributed by atoms with Gasteiger partial charge in [0.15, 0.2) is 0 Å². The van der Waals surface area contributed by atoms with Crippen LogP contribution in [0, 0.1) is 11.7 Å². The molecular formula is C15H19FN2O4S. The van der Waals surface area contributed by atoms with Crippen molar-refractivity contribution in [1.82, 2.24) is 4.31 Å². The second-order valence-electron chi connectivity index (χ2n) is 5.89. The first-order chi connectivity index (χ1) is 10.9. The summed E-state index contributed by atoms with van der Waals surface area (Å²) in [5, 5.41) is 0. The molecule has 0 saturated carbocycles. The van der Waals surface area contributed by atoms with Crippen LogP contribution >= 0.6 is 0 Å². The highest BCUT2D eigenvalue weighted by Gasteiger charge is 2.34. The van der Waals surface area contributed by atoms with Gasteiger partial charge in [0.05, 0.1) is 18.5 Å². The number of carbonyl (C=O) groups excluding carboxylic acids is 1. The number of carbonyl (C=O) groups is 1. The van der Waals surface area contributed by atoms with E-state index in [1.165, 1.54) is 28.8 Å². The van der Waals surface area contributed by atoms with Gasteiger partial charge in [0.2, 0.25) is 15.9 Å². The molecule has 1 amide bonds. The Bertz CT molecular complexity index is 714. The van der Waals surface area contributed by atoms with Crippen molar-refractivity contribution in [2.75, 3.05) is 37.4 Å². The third-order valence-electron chi connectivity index (χ3n) is 4.32. The van der Waals surface area contributed by atoms with Crippen LogP contribution in [0.15, 0.2) is 18.2 Å². The van der Waals surface area contributed by atoms with Crippen LogP contribution in [0.1, 0.15) is 12.8 Å². The fraction of sp³-hybridized carbons (Fsp3) is 0.533. The molecule has 0 radical (unpaired) electrons. The maximum atomic E-state index is 13.5. The number of nitrogens with zero attached hydrogens (tertiary/aromatic N) is 2. The first-order valence-electron chi connectivity index (χ1n) is 7.55. The van der Waals surface area contributed by atoms with E-state index in [0.29, 0.717) is 50.5 Å². The molecule has 3 rings (SSSR count). The minimum atomic E-state index is -3.22. The van der Waals surface area contributed by atoms with Crippen LogP contribution < -0.4 is 9.64 Å². The number of amides is 1. The van der Waals surface area contributed by atoms with E-state index in [2.05, 4.69) is 0 Å². The second-order valence-corrected chi connectivity index (χ2v) is 7.87. The van der Waals surface area contributed by atoms with Crippen LogP contribution in [0.4, 0.5) is 10.1 Å². The van der Waals surface area contributed by atoms with E-state index in [-0.39, 0.29) is 11.8 Å². The molecule has 2 aliphatic heterocycles. The Morgan fingerprint density at radius 2 is 1.96 bits per heavy atom. The lowest BCUT2D eigenvalue weighted by Gasteiger charge is -2.35. The molecule has 0 unspecified atom stereocenters. The van der Waals surface area contributed by atoms with Crippen LogP contribution in [0.25, 0.3) is 0 Å². The van der Waals surface area contributed by atoms with Crippen LogP contribution in [-0.2, 0) is 14.8 Å². The molecular weight excluding hydrogens is 323 g/mol. The van der Waals surface area contributed by atoms with E-state index in [0.717, 1.165) is 0 Å². The summed E-state index contributed by atoms with van der Waals surface area (Å²) in [4.78, 5) is 14.3. The van der Waals surface area contributed by atoms with Gasteiger partial charge in [0.1, 0.15) is 18.2 Å². The fourth-order valence-electron chi connectivity index (χ4n) is 3.07. The number of ether oxygens (including phenoxy) is 1. The lowest BCUT2D eigenvalue weighted by molar-refractivity contribution is -0.123. The average Bonchev–Trinajstić information content (AvgIpc) is 2.53. The molecule has 6 nitrogen and oxygen atoms in total. The maximum Gasteiger partial charge on any atom is 0.230 e. The van der Waals surface area contributed by atoms with E-state index >= 15 is 0 Å². The molecule has 1 aromatic carbocycles. The second kappa shape index (κ2) is 6.09. The summed E-state index contributed by atoms with van der Waals surface area (Å²) in [5.41, 5.74) is 0.451. The molecule has 1 aromatic rings. The summed E-state index contributed by atoms with van der Waals surface area (Å²) in [7, 11) is -3.22. The van der Waals surface area contributed by atoms with Gasteiger partial charge in [-0.2, -0.15) is 0 Å². The Kier molecular flexibility index (Phi) is 4.29. The molecule has 1 fully saturated rings. The lowest BCUT2D eigenvalue weighted by Crippen LogP contribution is -2.46. The summed E-state index contributed by atoms with van der Waals surface area (Å²) < 4.78 is 43.4. The zero-order chi connectivity index (χ0) is 16.6. The van der Waals surface area contributed by atoms with E-state index in [9.17, 15) is 17.6 Å². The van der Waals surface area contributed by atoms with Crippen molar-refractivity contribution in [1.29, 1.82) is 0 Å². The highest BCUT2D eigenvalue weighted by molar-refractivity contribution is 7.88. The molecule has 126 valence electrons. The molecule has 0 bridgehead atoms. The summed E-state index contributed by atoms with van der Waals surface area (Å²) in [6.45, 7) is 1.43. The predicted molar refractivity (Wildman–Crippen MR) is 83.4 cm³/mol. The topological polar surface area (TPSA) is 66.9 Å². The van der Waals surface area contributed by atoms with Gasteiger partial charge in [-0.1, -0.05) is 0 Å². The number of fused-ring (bicyclic) bond motifs is 1. The van der Waals surface area contributed by atoms with Crippen molar-refractivity contribution in [3.05, 3.63) is 24.0 Å².